The highest BCUT2D eigenvalue weighted by molar-refractivity contribution is 7.47. The number of phosphoric ester groups is 1. The molecular weight excluding hydrogens is 765 g/mol. The molecule has 1 saturated carbocycles. The molecule has 342 valence electrons. The number of aliphatic hydroxyl groups excluding tert-OH is 7. The van der Waals surface area contributed by atoms with E-state index in [2.05, 4.69) is 31.3 Å². The van der Waals surface area contributed by atoms with Crippen LogP contribution in [0.3, 0.4) is 0 Å². The number of rotatable bonds is 37. The molecule has 0 aromatic rings. The largest absolute Gasteiger partial charge is 0.472 e. The van der Waals surface area contributed by atoms with E-state index in [4.69, 9.17) is 9.05 Å². The minimum absolute atomic E-state index is 0.249. The lowest BCUT2D eigenvalue weighted by molar-refractivity contribution is -0.220. The van der Waals surface area contributed by atoms with Crippen molar-refractivity contribution < 1.29 is 59.0 Å². The van der Waals surface area contributed by atoms with Gasteiger partial charge in [-0.3, -0.25) is 13.8 Å². The summed E-state index contributed by atoms with van der Waals surface area (Å²) in [6.07, 6.45) is 22.8. The Labute approximate surface area is 350 Å². The third-order valence-electron chi connectivity index (χ3n) is 11.0. The summed E-state index contributed by atoms with van der Waals surface area (Å²) < 4.78 is 22.8. The Morgan fingerprint density at radius 2 is 1.00 bits per heavy atom. The third kappa shape index (κ3) is 26.2. The van der Waals surface area contributed by atoms with E-state index < -0.39 is 75.2 Å². The maximum atomic E-state index is 13.0. The highest BCUT2D eigenvalue weighted by atomic mass is 31.2. The number of allylic oxidation sites excluding steroid dienone is 3. The van der Waals surface area contributed by atoms with Crippen molar-refractivity contribution in [3.63, 3.8) is 0 Å². The topological polar surface area (TPSA) is 226 Å². The molecule has 0 saturated heterocycles. The summed E-state index contributed by atoms with van der Waals surface area (Å²) in [4.78, 5) is 23.4. The zero-order valence-corrected chi connectivity index (χ0v) is 36.9. The van der Waals surface area contributed by atoms with E-state index in [0.717, 1.165) is 64.2 Å². The summed E-state index contributed by atoms with van der Waals surface area (Å²) >= 11 is 0. The van der Waals surface area contributed by atoms with Gasteiger partial charge in [0.25, 0.3) is 0 Å². The SMILES string of the molecule is CCCCCCCCCC/C=C/C(O)C(COP(=O)(O)OC1C(O)C(O)C(O)C(O)C1O)NC(=O)CC(O)CCCCCCC/C=C\CCCCCCCCCCC. The molecule has 1 aliphatic carbocycles. The van der Waals surface area contributed by atoms with Gasteiger partial charge in [0.15, 0.2) is 0 Å². The summed E-state index contributed by atoms with van der Waals surface area (Å²) in [5, 5.41) is 74.3. The van der Waals surface area contributed by atoms with Gasteiger partial charge in [-0.1, -0.05) is 160 Å². The molecule has 0 aromatic carbocycles. The fourth-order valence-corrected chi connectivity index (χ4v) is 8.20. The van der Waals surface area contributed by atoms with Crippen LogP contribution < -0.4 is 5.32 Å². The molecule has 14 heteroatoms. The van der Waals surface area contributed by atoms with Gasteiger partial charge >= 0.3 is 7.82 Å². The Balaban J connectivity index is 2.50. The molecule has 13 nitrogen and oxygen atoms in total. The highest BCUT2D eigenvalue weighted by Crippen LogP contribution is 2.47. The zero-order valence-electron chi connectivity index (χ0n) is 36.0. The van der Waals surface area contributed by atoms with Crippen LogP contribution in [0.25, 0.3) is 0 Å². The molecular formula is C44H84NO12P. The number of phosphoric acid groups is 1. The van der Waals surface area contributed by atoms with Gasteiger partial charge in [0.2, 0.25) is 5.91 Å². The molecule has 9 N–H and O–H groups in total. The number of amides is 1. The van der Waals surface area contributed by atoms with E-state index in [1.165, 1.54) is 96.0 Å². The van der Waals surface area contributed by atoms with Gasteiger partial charge in [-0.25, -0.2) is 4.57 Å². The first-order chi connectivity index (χ1) is 27.8. The van der Waals surface area contributed by atoms with Crippen molar-refractivity contribution in [1.82, 2.24) is 5.32 Å². The zero-order chi connectivity index (χ0) is 43.0. The quantitative estimate of drug-likeness (QED) is 0.0172. The minimum Gasteiger partial charge on any atom is -0.393 e. The Hall–Kier alpha value is -1.22. The molecule has 8 unspecified atom stereocenters. The monoisotopic (exact) mass is 850 g/mol. The number of aliphatic hydroxyl groups is 7. The average molecular weight is 850 g/mol. The van der Waals surface area contributed by atoms with Crippen LogP contribution in [-0.2, 0) is 18.4 Å². The summed E-state index contributed by atoms with van der Waals surface area (Å²) in [6, 6.07) is -1.24. The number of carbonyl (C=O) groups excluding carboxylic acids is 1. The molecule has 1 rings (SSSR count). The number of carbonyl (C=O) groups is 1. The molecule has 0 spiro atoms. The van der Waals surface area contributed by atoms with Crippen molar-refractivity contribution in [2.45, 2.75) is 242 Å². The number of nitrogens with one attached hydrogen (secondary N) is 1. The highest BCUT2D eigenvalue weighted by Gasteiger charge is 2.51. The first-order valence-electron chi connectivity index (χ1n) is 22.9. The number of unbranched alkanes of at least 4 members (excludes halogenated alkanes) is 22. The maximum Gasteiger partial charge on any atom is 0.472 e. The Morgan fingerprint density at radius 1 is 0.603 bits per heavy atom. The second-order valence-corrected chi connectivity index (χ2v) is 17.8. The maximum absolute atomic E-state index is 13.0. The standard InChI is InChI=1S/C44H84NO12P/c1-3-5-7-9-11-13-15-16-17-18-19-20-21-22-23-25-27-29-31-35(46)33-38(48)45-36(37(47)32-30-28-26-24-14-12-10-8-6-4-2)34-56-58(54,55)57-44-42(52)40(50)39(49)41(51)43(44)53/h19-20,30,32,35-37,39-44,46-47,49-53H,3-18,21-29,31,33-34H2,1-2H3,(H,45,48)(H,54,55)/b20-19-,32-30+. The molecule has 0 radical (unpaired) electrons. The van der Waals surface area contributed by atoms with E-state index in [0.29, 0.717) is 12.8 Å². The van der Waals surface area contributed by atoms with Crippen LogP contribution in [0.5, 0.6) is 0 Å². The molecule has 1 aliphatic rings. The smallest absolute Gasteiger partial charge is 0.393 e. The van der Waals surface area contributed by atoms with E-state index >= 15 is 0 Å². The lowest BCUT2D eigenvalue weighted by Crippen LogP contribution is -2.64. The third-order valence-corrected chi connectivity index (χ3v) is 12.0. The van der Waals surface area contributed by atoms with Gasteiger partial charge in [0.05, 0.1) is 31.3 Å². The molecule has 0 aromatic heterocycles. The predicted molar refractivity (Wildman–Crippen MR) is 229 cm³/mol. The average Bonchev–Trinajstić information content (AvgIpc) is 3.19. The van der Waals surface area contributed by atoms with Crippen LogP contribution in [-0.4, -0.2) is 108 Å². The minimum atomic E-state index is -5.13. The Bertz CT molecular complexity index is 1100. The molecule has 0 heterocycles. The van der Waals surface area contributed by atoms with Gasteiger partial charge < -0.3 is 46.0 Å². The van der Waals surface area contributed by atoms with Crippen molar-refractivity contribution in [3.05, 3.63) is 24.3 Å². The fourth-order valence-electron chi connectivity index (χ4n) is 7.23. The molecule has 1 fully saturated rings. The van der Waals surface area contributed by atoms with Gasteiger partial charge in [-0.05, 0) is 44.9 Å². The van der Waals surface area contributed by atoms with E-state index in [1.807, 2.05) is 0 Å². The number of hydrogen-bond acceptors (Lipinski definition) is 11. The fraction of sp³-hybridized carbons (Fsp3) is 0.886. The van der Waals surface area contributed by atoms with Crippen LogP contribution >= 0.6 is 7.82 Å². The lowest BCUT2D eigenvalue weighted by atomic mass is 9.85. The van der Waals surface area contributed by atoms with Gasteiger partial charge in [-0.15, -0.1) is 0 Å². The van der Waals surface area contributed by atoms with Gasteiger partial charge in [0.1, 0.15) is 36.6 Å². The molecule has 0 aliphatic heterocycles. The normalized spacial score (nSPS) is 24.0. The van der Waals surface area contributed by atoms with Gasteiger partial charge in [-0.2, -0.15) is 0 Å². The first kappa shape index (κ1) is 54.8. The summed E-state index contributed by atoms with van der Waals surface area (Å²) in [7, 11) is -5.13. The van der Waals surface area contributed by atoms with E-state index in [-0.39, 0.29) is 6.42 Å². The van der Waals surface area contributed by atoms with Crippen LogP contribution in [0.2, 0.25) is 0 Å². The van der Waals surface area contributed by atoms with Crippen molar-refractivity contribution in [2.75, 3.05) is 6.61 Å². The summed E-state index contributed by atoms with van der Waals surface area (Å²) in [5.41, 5.74) is 0. The van der Waals surface area contributed by atoms with Crippen molar-refractivity contribution in [2.24, 2.45) is 0 Å². The van der Waals surface area contributed by atoms with Crippen molar-refractivity contribution in [1.29, 1.82) is 0 Å². The summed E-state index contributed by atoms with van der Waals surface area (Å²) in [5.74, 6) is -0.599. The summed E-state index contributed by atoms with van der Waals surface area (Å²) in [6.45, 7) is 3.70. The van der Waals surface area contributed by atoms with Gasteiger partial charge in [0, 0.05) is 0 Å². The van der Waals surface area contributed by atoms with Crippen LogP contribution in [0.15, 0.2) is 24.3 Å². The van der Waals surface area contributed by atoms with Crippen molar-refractivity contribution >= 4 is 13.7 Å². The Morgan fingerprint density at radius 3 is 1.47 bits per heavy atom. The molecule has 8 atom stereocenters. The van der Waals surface area contributed by atoms with E-state index in [1.54, 1.807) is 6.08 Å². The second kappa shape index (κ2) is 34.4. The van der Waals surface area contributed by atoms with Crippen LogP contribution in [0.1, 0.15) is 187 Å². The van der Waals surface area contributed by atoms with Crippen LogP contribution in [0.4, 0.5) is 0 Å². The molecule has 1 amide bonds. The number of hydrogen-bond donors (Lipinski definition) is 9. The predicted octanol–water partition coefficient (Wildman–Crippen LogP) is 7.20. The van der Waals surface area contributed by atoms with Crippen molar-refractivity contribution in [3.8, 4) is 0 Å². The first-order valence-corrected chi connectivity index (χ1v) is 24.4. The van der Waals surface area contributed by atoms with E-state index in [9.17, 15) is 50.0 Å². The Kier molecular flexibility index (Phi) is 32.5. The molecule has 58 heavy (non-hydrogen) atoms. The molecule has 0 bridgehead atoms. The second-order valence-electron chi connectivity index (χ2n) is 16.4. The van der Waals surface area contributed by atoms with Crippen LogP contribution in [0, 0.1) is 0 Å². The lowest BCUT2D eigenvalue weighted by Gasteiger charge is -2.41.